The van der Waals surface area contributed by atoms with Crippen molar-refractivity contribution in [2.45, 2.75) is 32.5 Å². The van der Waals surface area contributed by atoms with Gasteiger partial charge in [0, 0.05) is 0 Å². The number of hydrogen-bond acceptors (Lipinski definition) is 2. The second kappa shape index (κ2) is 6.32. The van der Waals surface area contributed by atoms with Gasteiger partial charge in [0.25, 0.3) is 0 Å². The molecular formula is C17H16ClF3O2. The van der Waals surface area contributed by atoms with Gasteiger partial charge in [0.2, 0.25) is 0 Å². The number of rotatable bonds is 3. The van der Waals surface area contributed by atoms with Crippen LogP contribution in [-0.2, 0) is 6.18 Å². The molecule has 0 bridgehead atoms. The Balaban J connectivity index is 2.17. The van der Waals surface area contributed by atoms with Gasteiger partial charge >= 0.3 is 6.18 Å². The maximum absolute atomic E-state index is 12.8. The number of benzene rings is 2. The number of hydrogen-bond donors (Lipinski definition) is 0. The lowest BCUT2D eigenvalue weighted by Crippen LogP contribution is -2.22. The normalized spacial score (nSPS) is 12.1. The molecular weight excluding hydrogens is 329 g/mol. The third kappa shape index (κ3) is 5.06. The third-order valence-corrected chi connectivity index (χ3v) is 3.06. The largest absolute Gasteiger partial charge is 0.488 e. The van der Waals surface area contributed by atoms with Crippen LogP contribution < -0.4 is 9.47 Å². The Morgan fingerprint density at radius 2 is 1.35 bits per heavy atom. The van der Waals surface area contributed by atoms with E-state index in [0.717, 1.165) is 12.1 Å². The number of alkyl halides is 3. The summed E-state index contributed by atoms with van der Waals surface area (Å²) in [6.45, 7) is 5.76. The fourth-order valence-corrected chi connectivity index (χ4v) is 2.08. The van der Waals surface area contributed by atoms with Crippen LogP contribution in [0, 0.1) is 0 Å². The highest BCUT2D eigenvalue weighted by Crippen LogP contribution is 2.37. The van der Waals surface area contributed by atoms with Crippen LogP contribution in [0.2, 0.25) is 5.02 Å². The highest BCUT2D eigenvalue weighted by atomic mass is 35.5. The van der Waals surface area contributed by atoms with Gasteiger partial charge in [0.1, 0.15) is 22.8 Å². The van der Waals surface area contributed by atoms with E-state index in [2.05, 4.69) is 0 Å². The lowest BCUT2D eigenvalue weighted by atomic mass is 10.2. The maximum Gasteiger partial charge on any atom is 0.417 e. The second-order valence-electron chi connectivity index (χ2n) is 5.93. The molecule has 0 radical (unpaired) electrons. The minimum absolute atomic E-state index is 0.0613. The molecule has 0 heterocycles. The molecule has 0 N–H and O–H groups in total. The highest BCUT2D eigenvalue weighted by Gasteiger charge is 2.33. The molecule has 0 unspecified atom stereocenters. The van der Waals surface area contributed by atoms with Crippen molar-refractivity contribution in [1.29, 1.82) is 0 Å². The van der Waals surface area contributed by atoms with E-state index in [1.54, 1.807) is 24.3 Å². The minimum Gasteiger partial charge on any atom is -0.488 e. The number of ether oxygens (including phenoxy) is 2. The van der Waals surface area contributed by atoms with Crippen molar-refractivity contribution in [3.8, 4) is 17.2 Å². The van der Waals surface area contributed by atoms with Crippen molar-refractivity contribution in [2.24, 2.45) is 0 Å². The van der Waals surface area contributed by atoms with Gasteiger partial charge in [0.05, 0.1) is 10.6 Å². The second-order valence-corrected chi connectivity index (χ2v) is 6.33. The summed E-state index contributed by atoms with van der Waals surface area (Å²) in [5.41, 5.74) is -1.26. The summed E-state index contributed by atoms with van der Waals surface area (Å²) < 4.78 is 49.6. The van der Waals surface area contributed by atoms with Crippen molar-refractivity contribution < 1.29 is 22.6 Å². The van der Waals surface area contributed by atoms with Crippen LogP contribution >= 0.6 is 11.6 Å². The topological polar surface area (TPSA) is 18.5 Å². The lowest BCUT2D eigenvalue weighted by molar-refractivity contribution is -0.137. The quantitative estimate of drug-likeness (QED) is 0.647. The molecule has 23 heavy (non-hydrogen) atoms. The monoisotopic (exact) mass is 344 g/mol. The van der Waals surface area contributed by atoms with E-state index in [1.165, 1.54) is 6.07 Å². The van der Waals surface area contributed by atoms with Crippen LogP contribution in [0.25, 0.3) is 0 Å². The predicted octanol–water partition coefficient (Wildman–Crippen LogP) is 6.33. The van der Waals surface area contributed by atoms with E-state index in [0.29, 0.717) is 11.5 Å². The molecule has 0 aliphatic heterocycles. The van der Waals surface area contributed by atoms with Crippen molar-refractivity contribution >= 4 is 11.6 Å². The van der Waals surface area contributed by atoms with Crippen LogP contribution in [-0.4, -0.2) is 5.60 Å². The van der Waals surface area contributed by atoms with Gasteiger partial charge in [-0.1, -0.05) is 11.6 Å². The van der Waals surface area contributed by atoms with Crippen molar-refractivity contribution in [3.63, 3.8) is 0 Å². The van der Waals surface area contributed by atoms with E-state index in [1.807, 2.05) is 20.8 Å². The SMILES string of the molecule is CC(C)(C)Oc1ccc(Oc2ccc(Cl)c(C(F)(F)F)c2)cc1. The molecule has 2 aromatic rings. The van der Waals surface area contributed by atoms with E-state index in [9.17, 15) is 13.2 Å². The fourth-order valence-electron chi connectivity index (χ4n) is 1.85. The summed E-state index contributed by atoms with van der Waals surface area (Å²) in [7, 11) is 0. The van der Waals surface area contributed by atoms with Crippen LogP contribution in [0.15, 0.2) is 42.5 Å². The molecule has 0 spiro atoms. The summed E-state index contributed by atoms with van der Waals surface area (Å²) in [6.07, 6.45) is -4.53. The third-order valence-electron chi connectivity index (χ3n) is 2.73. The van der Waals surface area contributed by atoms with Crippen LogP contribution in [0.1, 0.15) is 26.3 Å². The van der Waals surface area contributed by atoms with Crippen LogP contribution in [0.4, 0.5) is 13.2 Å². The highest BCUT2D eigenvalue weighted by molar-refractivity contribution is 6.31. The summed E-state index contributed by atoms with van der Waals surface area (Å²) in [5.74, 6) is 1.12. The van der Waals surface area contributed by atoms with Crippen LogP contribution in [0.3, 0.4) is 0 Å². The minimum atomic E-state index is -4.53. The van der Waals surface area contributed by atoms with Gasteiger partial charge < -0.3 is 9.47 Å². The Kier molecular flexibility index (Phi) is 4.80. The molecule has 124 valence electrons. The molecule has 0 saturated heterocycles. The molecule has 0 amide bonds. The Morgan fingerprint density at radius 3 is 1.87 bits per heavy atom. The molecule has 2 rings (SSSR count). The van der Waals surface area contributed by atoms with Gasteiger partial charge in [-0.15, -0.1) is 0 Å². The fraction of sp³-hybridized carbons (Fsp3) is 0.294. The molecule has 2 aromatic carbocycles. The van der Waals surface area contributed by atoms with E-state index < -0.39 is 11.7 Å². The lowest BCUT2D eigenvalue weighted by Gasteiger charge is -2.21. The summed E-state index contributed by atoms with van der Waals surface area (Å²) in [4.78, 5) is 0. The predicted molar refractivity (Wildman–Crippen MR) is 83.4 cm³/mol. The van der Waals surface area contributed by atoms with Gasteiger partial charge in [-0.05, 0) is 63.2 Å². The Morgan fingerprint density at radius 1 is 0.826 bits per heavy atom. The van der Waals surface area contributed by atoms with Gasteiger partial charge in [0.15, 0.2) is 0 Å². The first kappa shape index (κ1) is 17.5. The summed E-state index contributed by atoms with van der Waals surface area (Å²) in [5, 5.41) is -0.362. The average molecular weight is 345 g/mol. The summed E-state index contributed by atoms with van der Waals surface area (Å²) >= 11 is 5.57. The Bertz CT molecular complexity index is 674. The van der Waals surface area contributed by atoms with Crippen molar-refractivity contribution in [3.05, 3.63) is 53.1 Å². The van der Waals surface area contributed by atoms with E-state index in [-0.39, 0.29) is 16.4 Å². The van der Waals surface area contributed by atoms with E-state index >= 15 is 0 Å². The molecule has 0 aliphatic rings. The van der Waals surface area contributed by atoms with Crippen molar-refractivity contribution in [2.75, 3.05) is 0 Å². The van der Waals surface area contributed by atoms with Crippen molar-refractivity contribution in [1.82, 2.24) is 0 Å². The Labute approximate surface area is 137 Å². The molecule has 6 heteroatoms. The zero-order chi connectivity index (χ0) is 17.3. The average Bonchev–Trinajstić information content (AvgIpc) is 2.40. The zero-order valence-electron chi connectivity index (χ0n) is 12.9. The molecule has 0 saturated carbocycles. The number of halogens is 4. The van der Waals surface area contributed by atoms with Gasteiger partial charge in [-0.2, -0.15) is 13.2 Å². The summed E-state index contributed by atoms with van der Waals surface area (Å²) in [6, 6.07) is 10.1. The molecule has 2 nitrogen and oxygen atoms in total. The maximum atomic E-state index is 12.8. The Hall–Kier alpha value is -1.88. The smallest absolute Gasteiger partial charge is 0.417 e. The first-order chi connectivity index (χ1) is 10.5. The molecule has 0 aromatic heterocycles. The molecule has 0 fully saturated rings. The van der Waals surface area contributed by atoms with Gasteiger partial charge in [-0.3, -0.25) is 0 Å². The first-order valence-corrected chi connectivity index (χ1v) is 7.26. The molecule has 0 atom stereocenters. The van der Waals surface area contributed by atoms with Gasteiger partial charge in [-0.25, -0.2) is 0 Å². The standard InChI is InChI=1S/C17H16ClF3O2/c1-16(2,3)23-12-6-4-11(5-7-12)22-13-8-9-15(18)14(10-13)17(19,20)21/h4-10H,1-3H3. The first-order valence-electron chi connectivity index (χ1n) is 6.88. The van der Waals surface area contributed by atoms with Crippen LogP contribution in [0.5, 0.6) is 17.2 Å². The molecule has 0 aliphatic carbocycles. The van der Waals surface area contributed by atoms with E-state index in [4.69, 9.17) is 21.1 Å². The zero-order valence-corrected chi connectivity index (χ0v) is 13.6.